The van der Waals surface area contributed by atoms with Crippen LogP contribution in [0.2, 0.25) is 0 Å². The van der Waals surface area contributed by atoms with Crippen LogP contribution in [0.5, 0.6) is 0 Å². The zero-order chi connectivity index (χ0) is 15.0. The second-order valence-electron chi connectivity index (χ2n) is 5.79. The number of rotatable bonds is 7. The number of nitrogens with zero attached hydrogens (tertiary/aromatic N) is 2. The highest BCUT2D eigenvalue weighted by Gasteiger charge is 2.21. The van der Waals surface area contributed by atoms with Gasteiger partial charge in [-0.25, -0.2) is 4.79 Å². The van der Waals surface area contributed by atoms with E-state index in [2.05, 4.69) is 37.9 Å². The van der Waals surface area contributed by atoms with Crippen LogP contribution >= 0.6 is 11.8 Å². The number of hydrogen-bond donors (Lipinski definition) is 1. The summed E-state index contributed by atoms with van der Waals surface area (Å²) in [6.07, 6.45) is 1.14. The van der Waals surface area contributed by atoms with Gasteiger partial charge in [-0.2, -0.15) is 11.8 Å². The van der Waals surface area contributed by atoms with Crippen LogP contribution in [0.3, 0.4) is 0 Å². The zero-order valence-electron chi connectivity index (χ0n) is 13.5. The number of nitrogens with one attached hydrogen (secondary N) is 1. The second-order valence-corrected chi connectivity index (χ2v) is 7.01. The normalized spacial score (nSPS) is 17.6. The molecule has 1 aliphatic heterocycles. The highest BCUT2D eigenvalue weighted by atomic mass is 32.2. The van der Waals surface area contributed by atoms with Gasteiger partial charge >= 0.3 is 6.03 Å². The molecule has 0 aromatic carbocycles. The molecule has 5 heteroatoms. The number of hydrogen-bond acceptors (Lipinski definition) is 3. The Kier molecular flexibility index (Phi) is 8.38. The maximum absolute atomic E-state index is 12.2. The SMILES string of the molecule is CCN(CC)[C@H](CNC(=O)N1CCSCC1)CC(C)C. The molecule has 0 aromatic heterocycles. The molecule has 1 N–H and O–H groups in total. The van der Waals surface area contributed by atoms with Crippen LogP contribution in [-0.2, 0) is 0 Å². The smallest absolute Gasteiger partial charge is 0.317 e. The third kappa shape index (κ3) is 5.92. The Bertz CT molecular complexity index is 276. The van der Waals surface area contributed by atoms with Gasteiger partial charge in [0.2, 0.25) is 0 Å². The molecule has 20 heavy (non-hydrogen) atoms. The summed E-state index contributed by atoms with van der Waals surface area (Å²) in [6, 6.07) is 0.569. The van der Waals surface area contributed by atoms with Crippen LogP contribution in [0.25, 0.3) is 0 Å². The first-order chi connectivity index (χ1) is 9.58. The quantitative estimate of drug-likeness (QED) is 0.785. The van der Waals surface area contributed by atoms with Crippen molar-refractivity contribution in [1.82, 2.24) is 15.1 Å². The average Bonchev–Trinajstić information content (AvgIpc) is 2.45. The van der Waals surface area contributed by atoms with E-state index in [1.54, 1.807) is 0 Å². The van der Waals surface area contributed by atoms with Crippen molar-refractivity contribution in [1.29, 1.82) is 0 Å². The van der Waals surface area contributed by atoms with Crippen molar-refractivity contribution in [3.8, 4) is 0 Å². The molecule has 1 atom stereocenters. The minimum Gasteiger partial charge on any atom is -0.336 e. The molecular formula is C15H31N3OS. The van der Waals surface area contributed by atoms with Gasteiger partial charge in [-0.15, -0.1) is 0 Å². The van der Waals surface area contributed by atoms with Gasteiger partial charge in [0, 0.05) is 37.2 Å². The lowest BCUT2D eigenvalue weighted by Crippen LogP contribution is -2.49. The molecule has 118 valence electrons. The number of carbonyl (C=O) groups excluding carboxylic acids is 1. The van der Waals surface area contributed by atoms with Crippen LogP contribution < -0.4 is 5.32 Å². The van der Waals surface area contributed by atoms with Crippen LogP contribution in [0.4, 0.5) is 4.79 Å². The van der Waals surface area contributed by atoms with Crippen molar-refractivity contribution < 1.29 is 4.79 Å². The zero-order valence-corrected chi connectivity index (χ0v) is 14.3. The molecule has 2 amide bonds. The molecule has 0 aromatic rings. The molecule has 0 unspecified atom stereocenters. The number of thioether (sulfide) groups is 1. The Morgan fingerprint density at radius 1 is 1.25 bits per heavy atom. The molecule has 0 saturated carbocycles. The van der Waals surface area contributed by atoms with Crippen molar-refractivity contribution in [3.05, 3.63) is 0 Å². The maximum Gasteiger partial charge on any atom is 0.317 e. The van der Waals surface area contributed by atoms with E-state index in [1.165, 1.54) is 0 Å². The third-order valence-electron chi connectivity index (χ3n) is 3.86. The summed E-state index contributed by atoms with van der Waals surface area (Å²) in [6.45, 7) is 13.5. The highest BCUT2D eigenvalue weighted by Crippen LogP contribution is 2.12. The standard InChI is InChI=1S/C15H31N3OS/c1-5-17(6-2)14(11-13(3)4)12-16-15(19)18-7-9-20-10-8-18/h13-14H,5-12H2,1-4H3,(H,16,19)/t14-/m0/s1. The Hall–Kier alpha value is -0.420. The molecule has 1 aliphatic rings. The van der Waals surface area contributed by atoms with Gasteiger partial charge in [0.15, 0.2) is 0 Å². The highest BCUT2D eigenvalue weighted by molar-refractivity contribution is 7.99. The Balaban J connectivity index is 2.45. The second kappa shape index (κ2) is 9.50. The summed E-state index contributed by atoms with van der Waals surface area (Å²) >= 11 is 1.93. The first-order valence-corrected chi connectivity index (χ1v) is 9.08. The average molecular weight is 302 g/mol. The van der Waals surface area contributed by atoms with Gasteiger partial charge in [-0.3, -0.25) is 4.90 Å². The summed E-state index contributed by atoms with van der Waals surface area (Å²) in [5, 5.41) is 3.14. The lowest BCUT2D eigenvalue weighted by atomic mass is 10.0. The van der Waals surface area contributed by atoms with E-state index in [9.17, 15) is 4.79 Å². The van der Waals surface area contributed by atoms with Gasteiger partial charge < -0.3 is 10.2 Å². The summed E-state index contributed by atoms with van der Waals surface area (Å²) in [5.41, 5.74) is 0. The van der Waals surface area contributed by atoms with Crippen molar-refractivity contribution in [3.63, 3.8) is 0 Å². The van der Waals surface area contributed by atoms with E-state index in [4.69, 9.17) is 0 Å². The molecule has 0 aliphatic carbocycles. The first-order valence-electron chi connectivity index (χ1n) is 7.93. The maximum atomic E-state index is 12.2. The Morgan fingerprint density at radius 2 is 1.85 bits per heavy atom. The topological polar surface area (TPSA) is 35.6 Å². The minimum absolute atomic E-state index is 0.117. The van der Waals surface area contributed by atoms with Gasteiger partial charge in [-0.1, -0.05) is 27.7 Å². The van der Waals surface area contributed by atoms with E-state index in [0.29, 0.717) is 12.0 Å². The molecule has 1 fully saturated rings. The van der Waals surface area contributed by atoms with Gasteiger partial charge in [-0.05, 0) is 25.4 Å². The summed E-state index contributed by atoms with van der Waals surface area (Å²) < 4.78 is 0. The van der Waals surface area contributed by atoms with Crippen LogP contribution in [-0.4, -0.2) is 66.1 Å². The van der Waals surface area contributed by atoms with Crippen LogP contribution in [0.1, 0.15) is 34.1 Å². The molecule has 1 saturated heterocycles. The van der Waals surface area contributed by atoms with Crippen molar-refractivity contribution in [2.24, 2.45) is 5.92 Å². The molecule has 0 spiro atoms. The minimum atomic E-state index is 0.117. The fraction of sp³-hybridized carbons (Fsp3) is 0.933. The first kappa shape index (κ1) is 17.6. The van der Waals surface area contributed by atoms with Gasteiger partial charge in [0.25, 0.3) is 0 Å². The van der Waals surface area contributed by atoms with E-state index in [-0.39, 0.29) is 6.03 Å². The van der Waals surface area contributed by atoms with E-state index in [0.717, 1.165) is 50.7 Å². The summed E-state index contributed by atoms with van der Waals surface area (Å²) in [7, 11) is 0. The summed E-state index contributed by atoms with van der Waals surface area (Å²) in [4.78, 5) is 16.6. The van der Waals surface area contributed by atoms with Gasteiger partial charge in [0.1, 0.15) is 0 Å². The number of amides is 2. The Labute approximate surface area is 128 Å². The molecule has 1 rings (SSSR count). The monoisotopic (exact) mass is 301 g/mol. The number of urea groups is 1. The molecular weight excluding hydrogens is 270 g/mol. The van der Waals surface area contributed by atoms with E-state index < -0.39 is 0 Å². The van der Waals surface area contributed by atoms with Gasteiger partial charge in [0.05, 0.1) is 0 Å². The lowest BCUT2D eigenvalue weighted by molar-refractivity contribution is 0.173. The number of likely N-dealkylation sites (N-methyl/N-ethyl adjacent to an activating group) is 1. The van der Waals surface area contributed by atoms with Crippen LogP contribution in [0.15, 0.2) is 0 Å². The fourth-order valence-corrected chi connectivity index (χ4v) is 3.63. The Morgan fingerprint density at radius 3 is 2.35 bits per heavy atom. The van der Waals surface area contributed by atoms with Crippen molar-refractivity contribution in [2.45, 2.75) is 40.2 Å². The number of carbonyl (C=O) groups is 1. The largest absolute Gasteiger partial charge is 0.336 e. The fourth-order valence-electron chi connectivity index (χ4n) is 2.73. The molecule has 0 radical (unpaired) electrons. The van der Waals surface area contributed by atoms with Crippen LogP contribution in [0, 0.1) is 5.92 Å². The summed E-state index contributed by atoms with van der Waals surface area (Å²) in [5.74, 6) is 2.79. The molecule has 1 heterocycles. The van der Waals surface area contributed by atoms with E-state index >= 15 is 0 Å². The molecule has 0 bridgehead atoms. The predicted octanol–water partition coefficient (Wildman–Crippen LogP) is 2.50. The van der Waals surface area contributed by atoms with Crippen molar-refractivity contribution in [2.75, 3.05) is 44.2 Å². The predicted molar refractivity (Wildman–Crippen MR) is 88.5 cm³/mol. The van der Waals surface area contributed by atoms with Crippen molar-refractivity contribution >= 4 is 17.8 Å². The lowest BCUT2D eigenvalue weighted by Gasteiger charge is -2.33. The molecule has 4 nitrogen and oxygen atoms in total. The van der Waals surface area contributed by atoms with E-state index in [1.807, 2.05) is 16.7 Å². The third-order valence-corrected chi connectivity index (χ3v) is 4.80.